The Morgan fingerprint density at radius 1 is 1.25 bits per heavy atom. The minimum atomic E-state index is -2.94. The van der Waals surface area contributed by atoms with Gasteiger partial charge in [-0.1, -0.05) is 12.1 Å². The van der Waals surface area contributed by atoms with Crippen molar-refractivity contribution in [1.82, 2.24) is 20.4 Å². The topological polar surface area (TPSA) is 72.7 Å². The van der Waals surface area contributed by atoms with Crippen LogP contribution in [-0.2, 0) is 20.1 Å². The molecule has 0 saturated heterocycles. The lowest BCUT2D eigenvalue weighted by molar-refractivity contribution is -0.0520. The van der Waals surface area contributed by atoms with Crippen LogP contribution < -0.4 is 20.1 Å². The van der Waals surface area contributed by atoms with Gasteiger partial charge in [0, 0.05) is 44.0 Å². The Bertz CT molecular complexity index is 821. The molecule has 0 unspecified atom stereocenters. The maximum Gasteiger partial charge on any atom is 0.387 e. The van der Waals surface area contributed by atoms with Gasteiger partial charge in [0.2, 0.25) is 0 Å². The number of rotatable bonds is 8. The number of nitrogens with one attached hydrogen (secondary N) is 2. The number of hydrogen-bond acceptors (Lipinski definition) is 4. The molecular weight excluding hydrogens is 368 g/mol. The molecule has 0 spiro atoms. The van der Waals surface area contributed by atoms with Gasteiger partial charge in [0.25, 0.3) is 0 Å². The molecule has 0 bridgehead atoms. The van der Waals surface area contributed by atoms with E-state index in [0.717, 1.165) is 17.0 Å². The van der Waals surface area contributed by atoms with Crippen molar-refractivity contribution in [3.63, 3.8) is 0 Å². The van der Waals surface area contributed by atoms with Crippen LogP contribution in [0, 0.1) is 13.8 Å². The monoisotopic (exact) mass is 395 g/mol. The lowest BCUT2D eigenvalue weighted by Crippen LogP contribution is -2.36. The van der Waals surface area contributed by atoms with Gasteiger partial charge >= 0.3 is 6.61 Å². The first kappa shape index (κ1) is 21.5. The Morgan fingerprint density at radius 3 is 2.54 bits per heavy atom. The molecule has 154 valence electrons. The molecule has 0 aliphatic rings. The molecule has 9 heteroatoms. The number of alkyl halides is 2. The largest absolute Gasteiger partial charge is 0.490 e. The van der Waals surface area contributed by atoms with Crippen molar-refractivity contribution in [3.8, 4) is 11.5 Å². The van der Waals surface area contributed by atoms with E-state index in [-0.39, 0.29) is 18.0 Å². The van der Waals surface area contributed by atoms with Crippen LogP contribution in [0.3, 0.4) is 0 Å². The van der Waals surface area contributed by atoms with Crippen LogP contribution in [-0.4, -0.2) is 36.0 Å². The number of para-hydroxylation sites is 1. The molecule has 0 fully saturated rings. The van der Waals surface area contributed by atoms with Crippen LogP contribution in [0.25, 0.3) is 0 Å². The van der Waals surface area contributed by atoms with Gasteiger partial charge in [0.15, 0.2) is 17.5 Å². The molecule has 0 aliphatic carbocycles. The molecule has 0 aliphatic heterocycles. The van der Waals surface area contributed by atoms with E-state index in [2.05, 4.69) is 25.5 Å². The second-order valence-electron chi connectivity index (χ2n) is 6.11. The Hall–Kier alpha value is -2.84. The van der Waals surface area contributed by atoms with Crippen LogP contribution in [0.4, 0.5) is 8.78 Å². The van der Waals surface area contributed by atoms with Crippen molar-refractivity contribution in [2.45, 2.75) is 40.5 Å². The molecule has 2 rings (SSSR count). The number of aromatic nitrogens is 2. The fourth-order valence-electron chi connectivity index (χ4n) is 2.84. The fourth-order valence-corrected chi connectivity index (χ4v) is 2.84. The van der Waals surface area contributed by atoms with E-state index in [4.69, 9.17) is 4.74 Å². The van der Waals surface area contributed by atoms with E-state index in [1.165, 1.54) is 0 Å². The maximum absolute atomic E-state index is 12.8. The van der Waals surface area contributed by atoms with Crippen molar-refractivity contribution in [2.24, 2.45) is 12.0 Å². The summed E-state index contributed by atoms with van der Waals surface area (Å²) in [6.45, 7) is 3.94. The number of aliphatic imine (C=N–C) groups is 1. The summed E-state index contributed by atoms with van der Waals surface area (Å²) in [6, 6.07) is 5.04. The Kier molecular flexibility index (Phi) is 7.60. The van der Waals surface area contributed by atoms with Gasteiger partial charge in [-0.25, -0.2) is 0 Å². The van der Waals surface area contributed by atoms with Gasteiger partial charge < -0.3 is 20.1 Å². The number of ether oxygens (including phenoxy) is 2. The molecule has 1 heterocycles. The van der Waals surface area contributed by atoms with E-state index >= 15 is 0 Å². The third-order valence-electron chi connectivity index (χ3n) is 4.33. The molecule has 1 aromatic carbocycles. The molecule has 28 heavy (non-hydrogen) atoms. The lowest BCUT2D eigenvalue weighted by atomic mass is 10.2. The summed E-state index contributed by atoms with van der Waals surface area (Å²) in [4.78, 5) is 4.18. The molecule has 1 aromatic heterocycles. The zero-order valence-corrected chi connectivity index (χ0v) is 16.8. The van der Waals surface area contributed by atoms with Crippen molar-refractivity contribution >= 4 is 5.96 Å². The van der Waals surface area contributed by atoms with E-state index in [9.17, 15) is 8.78 Å². The van der Waals surface area contributed by atoms with Crippen LogP contribution >= 0.6 is 0 Å². The van der Waals surface area contributed by atoms with E-state index in [1.807, 2.05) is 25.6 Å². The maximum atomic E-state index is 12.8. The lowest BCUT2D eigenvalue weighted by Gasteiger charge is -2.17. The van der Waals surface area contributed by atoms with Crippen molar-refractivity contribution < 1.29 is 18.3 Å². The minimum Gasteiger partial charge on any atom is -0.490 e. The van der Waals surface area contributed by atoms with Crippen LogP contribution in [0.1, 0.15) is 29.4 Å². The molecular formula is C19H27F2N5O2. The SMILES string of the molecule is CCOc1cccc(CNC(=NC)NCc2c(C)nn(C)c2C)c1OC(F)F. The predicted molar refractivity (Wildman–Crippen MR) is 104 cm³/mol. The normalized spacial score (nSPS) is 11.6. The number of nitrogens with zero attached hydrogens (tertiary/aromatic N) is 3. The highest BCUT2D eigenvalue weighted by Gasteiger charge is 2.16. The zero-order chi connectivity index (χ0) is 20.7. The highest BCUT2D eigenvalue weighted by Crippen LogP contribution is 2.32. The van der Waals surface area contributed by atoms with E-state index < -0.39 is 6.61 Å². The van der Waals surface area contributed by atoms with E-state index in [1.54, 1.807) is 32.2 Å². The van der Waals surface area contributed by atoms with Gasteiger partial charge in [-0.05, 0) is 26.8 Å². The van der Waals surface area contributed by atoms with Gasteiger partial charge in [-0.3, -0.25) is 9.67 Å². The average Bonchev–Trinajstić information content (AvgIpc) is 2.89. The van der Waals surface area contributed by atoms with Gasteiger partial charge in [0.05, 0.1) is 12.3 Å². The Morgan fingerprint density at radius 2 is 1.96 bits per heavy atom. The van der Waals surface area contributed by atoms with Gasteiger partial charge in [-0.15, -0.1) is 0 Å². The first-order chi connectivity index (χ1) is 13.4. The first-order valence-electron chi connectivity index (χ1n) is 9.00. The molecule has 7 nitrogen and oxygen atoms in total. The summed E-state index contributed by atoms with van der Waals surface area (Å²) >= 11 is 0. The highest BCUT2D eigenvalue weighted by atomic mass is 19.3. The number of aryl methyl sites for hydroxylation is 2. The van der Waals surface area contributed by atoms with Crippen molar-refractivity contribution in [2.75, 3.05) is 13.7 Å². The Labute approximate surface area is 163 Å². The Balaban J connectivity index is 2.07. The highest BCUT2D eigenvalue weighted by molar-refractivity contribution is 5.79. The third-order valence-corrected chi connectivity index (χ3v) is 4.33. The van der Waals surface area contributed by atoms with Gasteiger partial charge in [0.1, 0.15) is 0 Å². The number of guanidine groups is 1. The minimum absolute atomic E-state index is 0.0289. The standard InChI is InChI=1S/C19H27F2N5O2/c1-6-27-16-9-7-8-14(17(16)28-18(20)21)10-23-19(22-4)24-11-15-12(2)25-26(5)13(15)3/h7-9,18H,6,10-11H2,1-5H3,(H2,22,23,24). The summed E-state index contributed by atoms with van der Waals surface area (Å²) in [6.07, 6.45) is 0. The molecule has 2 N–H and O–H groups in total. The smallest absolute Gasteiger partial charge is 0.387 e. The third kappa shape index (κ3) is 5.34. The fraction of sp³-hybridized carbons (Fsp3) is 0.474. The summed E-state index contributed by atoms with van der Waals surface area (Å²) in [5.74, 6) is 0.848. The summed E-state index contributed by atoms with van der Waals surface area (Å²) < 4.78 is 37.6. The molecule has 0 amide bonds. The second kappa shape index (κ2) is 9.91. The molecule has 2 aromatic rings. The summed E-state index contributed by atoms with van der Waals surface area (Å²) in [7, 11) is 3.54. The predicted octanol–water partition coefficient (Wildman–Crippen LogP) is 2.90. The number of hydrogen-bond donors (Lipinski definition) is 2. The molecule has 0 atom stereocenters. The van der Waals surface area contributed by atoms with Gasteiger partial charge in [-0.2, -0.15) is 13.9 Å². The van der Waals surface area contributed by atoms with Crippen LogP contribution in [0.5, 0.6) is 11.5 Å². The van der Waals surface area contributed by atoms with E-state index in [0.29, 0.717) is 24.7 Å². The van der Waals surface area contributed by atoms with Crippen molar-refractivity contribution in [3.05, 3.63) is 40.7 Å². The molecule has 0 radical (unpaired) electrons. The molecule has 0 saturated carbocycles. The zero-order valence-electron chi connectivity index (χ0n) is 16.8. The second-order valence-corrected chi connectivity index (χ2v) is 6.11. The average molecular weight is 395 g/mol. The first-order valence-corrected chi connectivity index (χ1v) is 9.00. The van der Waals surface area contributed by atoms with Crippen LogP contribution in [0.15, 0.2) is 23.2 Å². The quantitative estimate of drug-likeness (QED) is 0.531. The number of halogens is 2. The number of benzene rings is 1. The van der Waals surface area contributed by atoms with Crippen LogP contribution in [0.2, 0.25) is 0 Å². The summed E-state index contributed by atoms with van der Waals surface area (Å²) in [5, 5.41) is 10.7. The van der Waals surface area contributed by atoms with Crippen molar-refractivity contribution in [1.29, 1.82) is 0 Å². The summed E-state index contributed by atoms with van der Waals surface area (Å²) in [5.41, 5.74) is 3.64.